The molecule has 128 valence electrons. The summed E-state index contributed by atoms with van der Waals surface area (Å²) in [7, 11) is 1.74. The van der Waals surface area contributed by atoms with E-state index < -0.39 is 0 Å². The highest BCUT2D eigenvalue weighted by Gasteiger charge is 2.17. The van der Waals surface area contributed by atoms with E-state index in [1.54, 1.807) is 24.1 Å². The van der Waals surface area contributed by atoms with E-state index in [-0.39, 0.29) is 12.0 Å². The van der Waals surface area contributed by atoms with Crippen LogP contribution in [0, 0.1) is 6.92 Å². The highest BCUT2D eigenvalue weighted by Crippen LogP contribution is 2.17. The fourth-order valence-corrected chi connectivity index (χ4v) is 2.69. The van der Waals surface area contributed by atoms with Crippen LogP contribution >= 0.6 is 0 Å². The molecule has 1 amide bonds. The van der Waals surface area contributed by atoms with Crippen LogP contribution in [0.5, 0.6) is 5.75 Å². The zero-order valence-corrected chi connectivity index (χ0v) is 14.0. The average Bonchev–Trinajstić information content (AvgIpc) is 3.24. The number of hydrogen-bond donors (Lipinski definition) is 0. The highest BCUT2D eigenvalue weighted by atomic mass is 16.5. The summed E-state index contributed by atoms with van der Waals surface area (Å²) in [6.07, 6.45) is 2.32. The quantitative estimate of drug-likeness (QED) is 0.815. The number of benzene rings is 1. The Kier molecular flexibility index (Phi) is 5.15. The van der Waals surface area contributed by atoms with Crippen LogP contribution < -0.4 is 4.74 Å². The Morgan fingerprint density at radius 1 is 1.38 bits per heavy atom. The molecule has 1 saturated heterocycles. The van der Waals surface area contributed by atoms with Crippen molar-refractivity contribution in [3.8, 4) is 5.75 Å². The number of rotatable bonds is 6. The number of nitrogens with zero attached hydrogens (tertiary/aromatic N) is 2. The van der Waals surface area contributed by atoms with Gasteiger partial charge in [0.05, 0.1) is 12.6 Å². The van der Waals surface area contributed by atoms with Crippen LogP contribution in [-0.4, -0.2) is 42.3 Å². The molecule has 0 saturated carbocycles. The van der Waals surface area contributed by atoms with Gasteiger partial charge in [-0.25, -0.2) is 0 Å². The van der Waals surface area contributed by atoms with Gasteiger partial charge in [-0.3, -0.25) is 4.79 Å². The first-order chi connectivity index (χ1) is 11.6. The summed E-state index contributed by atoms with van der Waals surface area (Å²) in [6, 6.07) is 9.01. The molecular formula is C18H22N2O4. The number of aromatic nitrogens is 1. The third-order valence-corrected chi connectivity index (χ3v) is 3.98. The number of amides is 1. The number of carbonyl (C=O) groups is 1. The minimum atomic E-state index is -0.0682. The van der Waals surface area contributed by atoms with Crippen molar-refractivity contribution >= 4 is 5.91 Å². The minimum absolute atomic E-state index is 0.0682. The Hall–Kier alpha value is -2.34. The monoisotopic (exact) mass is 330 g/mol. The zero-order valence-electron chi connectivity index (χ0n) is 14.0. The Labute approximate surface area is 141 Å². The molecular weight excluding hydrogens is 308 g/mol. The molecule has 1 aliphatic heterocycles. The van der Waals surface area contributed by atoms with Crippen molar-refractivity contribution in [2.75, 3.05) is 20.3 Å². The molecule has 0 radical (unpaired) electrons. The molecule has 2 heterocycles. The normalized spacial score (nSPS) is 17.0. The number of hydrogen-bond acceptors (Lipinski definition) is 5. The second-order valence-corrected chi connectivity index (χ2v) is 6.06. The van der Waals surface area contributed by atoms with Gasteiger partial charge in [0.15, 0.2) is 0 Å². The van der Waals surface area contributed by atoms with E-state index >= 15 is 0 Å². The molecule has 1 fully saturated rings. The number of ether oxygens (including phenoxy) is 2. The van der Waals surface area contributed by atoms with Crippen molar-refractivity contribution in [3.63, 3.8) is 0 Å². The number of aryl methyl sites for hydroxylation is 1. The van der Waals surface area contributed by atoms with Gasteiger partial charge in [-0.1, -0.05) is 5.16 Å². The molecule has 0 unspecified atom stereocenters. The molecule has 3 rings (SSSR count). The fourth-order valence-electron chi connectivity index (χ4n) is 2.69. The second kappa shape index (κ2) is 7.49. The van der Waals surface area contributed by atoms with Gasteiger partial charge in [0.2, 0.25) is 0 Å². The lowest BCUT2D eigenvalue weighted by molar-refractivity contribution is 0.0679. The van der Waals surface area contributed by atoms with Crippen LogP contribution in [0.4, 0.5) is 0 Å². The molecule has 0 spiro atoms. The first-order valence-corrected chi connectivity index (χ1v) is 8.14. The lowest BCUT2D eigenvalue weighted by atomic mass is 10.2. The van der Waals surface area contributed by atoms with Crippen LogP contribution in [-0.2, 0) is 11.3 Å². The average molecular weight is 330 g/mol. The fraction of sp³-hybridized carbons (Fsp3) is 0.444. The van der Waals surface area contributed by atoms with Crippen molar-refractivity contribution in [3.05, 3.63) is 47.3 Å². The predicted octanol–water partition coefficient (Wildman–Crippen LogP) is 2.81. The van der Waals surface area contributed by atoms with Crippen LogP contribution in [0.15, 0.2) is 34.9 Å². The summed E-state index contributed by atoms with van der Waals surface area (Å²) in [6.45, 7) is 3.61. The molecule has 1 aromatic heterocycles. The van der Waals surface area contributed by atoms with Crippen molar-refractivity contribution in [2.45, 2.75) is 32.4 Å². The van der Waals surface area contributed by atoms with Gasteiger partial charge in [-0.2, -0.15) is 0 Å². The first-order valence-electron chi connectivity index (χ1n) is 8.14. The maximum absolute atomic E-state index is 12.4. The van der Waals surface area contributed by atoms with E-state index in [1.165, 1.54) is 0 Å². The molecule has 6 heteroatoms. The lowest BCUT2D eigenvalue weighted by Crippen LogP contribution is -2.26. The van der Waals surface area contributed by atoms with Crippen LogP contribution in [0.3, 0.4) is 0 Å². The molecule has 1 atom stereocenters. The first kappa shape index (κ1) is 16.5. The molecule has 6 nitrogen and oxygen atoms in total. The van der Waals surface area contributed by atoms with Gasteiger partial charge >= 0.3 is 0 Å². The second-order valence-electron chi connectivity index (χ2n) is 6.06. The summed E-state index contributed by atoms with van der Waals surface area (Å²) in [5.74, 6) is 1.41. The third kappa shape index (κ3) is 4.14. The Morgan fingerprint density at radius 2 is 2.17 bits per heavy atom. The van der Waals surface area contributed by atoms with Crippen molar-refractivity contribution < 1.29 is 18.8 Å². The maximum atomic E-state index is 12.4. The number of carbonyl (C=O) groups excluding carboxylic acids is 1. The van der Waals surface area contributed by atoms with E-state index in [1.807, 2.05) is 25.1 Å². The summed E-state index contributed by atoms with van der Waals surface area (Å²) in [5.41, 5.74) is 1.35. The van der Waals surface area contributed by atoms with E-state index in [4.69, 9.17) is 14.0 Å². The van der Waals surface area contributed by atoms with Gasteiger partial charge in [0.25, 0.3) is 5.91 Å². The van der Waals surface area contributed by atoms with Crippen LogP contribution in [0.2, 0.25) is 0 Å². The highest BCUT2D eigenvalue weighted by molar-refractivity contribution is 5.94. The molecule has 0 bridgehead atoms. The molecule has 1 aromatic carbocycles. The van der Waals surface area contributed by atoms with Gasteiger partial charge in [-0.15, -0.1) is 0 Å². The van der Waals surface area contributed by atoms with Gasteiger partial charge < -0.3 is 18.9 Å². The largest absolute Gasteiger partial charge is 0.491 e. The summed E-state index contributed by atoms with van der Waals surface area (Å²) in [5, 5.41) is 3.91. The molecule has 1 aliphatic rings. The van der Waals surface area contributed by atoms with Crippen molar-refractivity contribution in [1.29, 1.82) is 0 Å². The molecule has 2 aromatic rings. The minimum Gasteiger partial charge on any atom is -0.491 e. The standard InChI is InChI=1S/C18H22N2O4/c1-13-10-15(19-24-13)11-20(2)18(21)14-5-7-16(8-6-14)23-12-17-4-3-9-22-17/h5-8,10,17H,3-4,9,11-12H2,1-2H3/t17-/m1/s1. The van der Waals surface area contributed by atoms with Gasteiger partial charge in [0.1, 0.15) is 23.8 Å². The Morgan fingerprint density at radius 3 is 2.79 bits per heavy atom. The van der Waals surface area contributed by atoms with Gasteiger partial charge in [0, 0.05) is 25.3 Å². The van der Waals surface area contributed by atoms with Crippen LogP contribution in [0.25, 0.3) is 0 Å². The Bertz CT molecular complexity index is 675. The zero-order chi connectivity index (χ0) is 16.9. The predicted molar refractivity (Wildman–Crippen MR) is 87.9 cm³/mol. The summed E-state index contributed by atoms with van der Waals surface area (Å²) >= 11 is 0. The SMILES string of the molecule is Cc1cc(CN(C)C(=O)c2ccc(OC[C@H]3CCCO3)cc2)no1. The molecule has 0 aliphatic carbocycles. The smallest absolute Gasteiger partial charge is 0.253 e. The van der Waals surface area contributed by atoms with Crippen LogP contribution in [0.1, 0.15) is 34.7 Å². The van der Waals surface area contributed by atoms with Gasteiger partial charge in [-0.05, 0) is 44.0 Å². The van der Waals surface area contributed by atoms with Crippen molar-refractivity contribution in [2.24, 2.45) is 0 Å². The van der Waals surface area contributed by atoms with E-state index in [0.717, 1.165) is 36.7 Å². The molecule has 0 N–H and O–H groups in total. The van der Waals surface area contributed by atoms with Crippen molar-refractivity contribution in [1.82, 2.24) is 10.1 Å². The Balaban J connectivity index is 1.54. The summed E-state index contributed by atoms with van der Waals surface area (Å²) in [4.78, 5) is 14.1. The van der Waals surface area contributed by atoms with E-state index in [0.29, 0.717) is 18.7 Å². The maximum Gasteiger partial charge on any atom is 0.253 e. The topological polar surface area (TPSA) is 64.8 Å². The third-order valence-electron chi connectivity index (χ3n) is 3.98. The lowest BCUT2D eigenvalue weighted by Gasteiger charge is -2.16. The van der Waals surface area contributed by atoms with E-state index in [9.17, 15) is 4.79 Å². The summed E-state index contributed by atoms with van der Waals surface area (Å²) < 4.78 is 16.3. The van der Waals surface area contributed by atoms with E-state index in [2.05, 4.69) is 5.16 Å². The molecule has 24 heavy (non-hydrogen) atoms.